The number of halogens is 1. The molecule has 2 aromatic rings. The summed E-state index contributed by atoms with van der Waals surface area (Å²) in [6.45, 7) is 5.25. The van der Waals surface area contributed by atoms with E-state index in [0.717, 1.165) is 5.56 Å². The zero-order chi connectivity index (χ0) is 22.9. The third-order valence-corrected chi connectivity index (χ3v) is 3.82. The Morgan fingerprint density at radius 1 is 1.00 bits per heavy atom. The van der Waals surface area contributed by atoms with E-state index < -0.39 is 23.4 Å². The molecule has 0 heterocycles. The topological polar surface area (TPSA) is 96.5 Å². The van der Waals surface area contributed by atoms with Crippen molar-refractivity contribution in [3.63, 3.8) is 0 Å². The maximum atomic E-state index is 13.5. The fraction of sp³-hybridized carbons (Fsp3) is 0.261. The highest BCUT2D eigenvalue weighted by Gasteiger charge is 2.16. The van der Waals surface area contributed by atoms with Crippen LogP contribution in [0.4, 0.5) is 14.9 Å². The minimum absolute atomic E-state index is 0.221. The van der Waals surface area contributed by atoms with Crippen LogP contribution in [0, 0.1) is 5.82 Å². The fourth-order valence-corrected chi connectivity index (χ4v) is 2.40. The summed E-state index contributed by atoms with van der Waals surface area (Å²) < 4.78 is 18.6. The van der Waals surface area contributed by atoms with Crippen molar-refractivity contribution in [2.24, 2.45) is 0 Å². The summed E-state index contributed by atoms with van der Waals surface area (Å²) in [5.41, 5.74) is 1.06. The third-order valence-electron chi connectivity index (χ3n) is 3.82. The monoisotopic (exact) mass is 427 g/mol. The number of nitrogens with one attached hydrogen (secondary N) is 3. The van der Waals surface area contributed by atoms with Gasteiger partial charge in [-0.2, -0.15) is 0 Å². The van der Waals surface area contributed by atoms with Gasteiger partial charge in [-0.25, -0.2) is 9.18 Å². The van der Waals surface area contributed by atoms with E-state index >= 15 is 0 Å². The molecule has 7 nitrogen and oxygen atoms in total. The lowest BCUT2D eigenvalue weighted by Gasteiger charge is -2.19. The summed E-state index contributed by atoms with van der Waals surface area (Å²) in [5.74, 6) is -1.15. The lowest BCUT2D eigenvalue weighted by molar-refractivity contribution is -0.117. The molecular weight excluding hydrogens is 401 g/mol. The van der Waals surface area contributed by atoms with Gasteiger partial charge in [-0.15, -0.1) is 0 Å². The number of amides is 3. The summed E-state index contributed by atoms with van der Waals surface area (Å²) in [6.07, 6.45) is 2.01. The first-order valence-corrected chi connectivity index (χ1v) is 9.68. The van der Waals surface area contributed by atoms with Gasteiger partial charge in [0.1, 0.15) is 18.0 Å². The van der Waals surface area contributed by atoms with Crippen LogP contribution in [0.2, 0.25) is 0 Å². The Balaban J connectivity index is 1.76. The van der Waals surface area contributed by atoms with Crippen LogP contribution in [-0.2, 0) is 20.9 Å². The number of alkyl carbamates (subject to hydrolysis) is 1. The number of rotatable bonds is 7. The van der Waals surface area contributed by atoms with E-state index in [9.17, 15) is 18.8 Å². The van der Waals surface area contributed by atoms with Crippen LogP contribution in [-0.4, -0.2) is 30.1 Å². The fourth-order valence-electron chi connectivity index (χ4n) is 2.40. The summed E-state index contributed by atoms with van der Waals surface area (Å²) in [7, 11) is 0. The average Bonchev–Trinajstić information content (AvgIpc) is 2.70. The average molecular weight is 427 g/mol. The van der Waals surface area contributed by atoms with Crippen molar-refractivity contribution in [3.8, 4) is 0 Å². The number of anilines is 1. The Morgan fingerprint density at radius 2 is 1.68 bits per heavy atom. The number of hydrogen-bond donors (Lipinski definition) is 3. The molecule has 0 saturated heterocycles. The van der Waals surface area contributed by atoms with Crippen molar-refractivity contribution in [3.05, 3.63) is 71.6 Å². The molecule has 0 aliphatic heterocycles. The van der Waals surface area contributed by atoms with Gasteiger partial charge in [0.05, 0.1) is 0 Å². The summed E-state index contributed by atoms with van der Waals surface area (Å²) in [6, 6.07) is 13.0. The van der Waals surface area contributed by atoms with E-state index in [0.29, 0.717) is 11.3 Å². The van der Waals surface area contributed by atoms with Crippen LogP contribution in [0.25, 0.3) is 6.08 Å². The Labute approximate surface area is 180 Å². The number of hydrogen-bond acceptors (Lipinski definition) is 4. The molecular formula is C23H26FN3O4. The first-order chi connectivity index (χ1) is 14.6. The standard InChI is InChI=1S/C23H26FN3O4/c1-23(2,3)31-22(30)26-15-21(29)27-18-11-8-16(9-12-18)14-25-20(28)13-10-17-6-4-5-7-19(17)24/h4-13H,14-15H2,1-3H3,(H,25,28)(H,26,30)(H,27,29)/b13-10+. The van der Waals surface area contributed by atoms with Crippen molar-refractivity contribution in [1.82, 2.24) is 10.6 Å². The highest BCUT2D eigenvalue weighted by Crippen LogP contribution is 2.10. The molecule has 31 heavy (non-hydrogen) atoms. The molecule has 164 valence electrons. The second-order valence-electron chi connectivity index (χ2n) is 7.67. The van der Waals surface area contributed by atoms with Gasteiger partial charge < -0.3 is 20.7 Å². The van der Waals surface area contributed by atoms with E-state index in [2.05, 4.69) is 16.0 Å². The highest BCUT2D eigenvalue weighted by atomic mass is 19.1. The van der Waals surface area contributed by atoms with Crippen LogP contribution in [0.1, 0.15) is 31.9 Å². The van der Waals surface area contributed by atoms with Gasteiger partial charge >= 0.3 is 6.09 Å². The number of carbonyl (C=O) groups excluding carboxylic acids is 3. The third kappa shape index (κ3) is 9.12. The second kappa shape index (κ2) is 10.9. The summed E-state index contributed by atoms with van der Waals surface area (Å²) in [4.78, 5) is 35.4. The molecule has 3 N–H and O–H groups in total. The summed E-state index contributed by atoms with van der Waals surface area (Å²) >= 11 is 0. The molecule has 0 fully saturated rings. The van der Waals surface area contributed by atoms with Crippen LogP contribution >= 0.6 is 0 Å². The minimum Gasteiger partial charge on any atom is -0.444 e. The highest BCUT2D eigenvalue weighted by molar-refractivity contribution is 5.94. The number of carbonyl (C=O) groups is 3. The Bertz CT molecular complexity index is 950. The predicted octanol–water partition coefficient (Wildman–Crippen LogP) is 3.62. The van der Waals surface area contributed by atoms with Gasteiger partial charge in [0.15, 0.2) is 0 Å². The smallest absolute Gasteiger partial charge is 0.408 e. The SMILES string of the molecule is CC(C)(C)OC(=O)NCC(=O)Nc1ccc(CNC(=O)/C=C/c2ccccc2F)cc1. The molecule has 0 saturated carbocycles. The lowest BCUT2D eigenvalue weighted by atomic mass is 10.2. The summed E-state index contributed by atoms with van der Waals surface area (Å²) in [5, 5.41) is 7.74. The van der Waals surface area contributed by atoms with Gasteiger partial charge in [0.25, 0.3) is 0 Å². The van der Waals surface area contributed by atoms with Crippen molar-refractivity contribution in [2.45, 2.75) is 32.9 Å². The van der Waals surface area contributed by atoms with Gasteiger partial charge in [-0.05, 0) is 50.6 Å². The van der Waals surface area contributed by atoms with Gasteiger partial charge in [-0.3, -0.25) is 9.59 Å². The molecule has 0 atom stereocenters. The molecule has 0 unspecified atom stereocenters. The predicted molar refractivity (Wildman–Crippen MR) is 117 cm³/mol. The van der Waals surface area contributed by atoms with Crippen LogP contribution in [0.3, 0.4) is 0 Å². The van der Waals surface area contributed by atoms with Crippen molar-refractivity contribution < 1.29 is 23.5 Å². The largest absolute Gasteiger partial charge is 0.444 e. The van der Waals surface area contributed by atoms with Crippen LogP contribution < -0.4 is 16.0 Å². The first kappa shape index (κ1) is 23.6. The van der Waals surface area contributed by atoms with E-state index in [1.54, 1.807) is 63.2 Å². The zero-order valence-electron chi connectivity index (χ0n) is 17.7. The van der Waals surface area contributed by atoms with Crippen molar-refractivity contribution in [2.75, 3.05) is 11.9 Å². The molecule has 0 aliphatic rings. The first-order valence-electron chi connectivity index (χ1n) is 9.68. The maximum absolute atomic E-state index is 13.5. The maximum Gasteiger partial charge on any atom is 0.408 e. The normalized spacial score (nSPS) is 11.1. The van der Waals surface area contributed by atoms with Gasteiger partial charge in [0, 0.05) is 23.9 Å². The van der Waals surface area contributed by atoms with Crippen LogP contribution in [0.5, 0.6) is 0 Å². The molecule has 3 amide bonds. The van der Waals surface area contributed by atoms with E-state index in [-0.39, 0.29) is 19.0 Å². The lowest BCUT2D eigenvalue weighted by Crippen LogP contribution is -2.37. The Kier molecular flexibility index (Phi) is 8.31. The number of ether oxygens (including phenoxy) is 1. The zero-order valence-corrected chi connectivity index (χ0v) is 17.7. The molecule has 0 radical (unpaired) electrons. The molecule has 0 aromatic heterocycles. The quantitative estimate of drug-likeness (QED) is 0.588. The molecule has 0 aliphatic carbocycles. The van der Waals surface area contributed by atoms with Crippen LogP contribution in [0.15, 0.2) is 54.6 Å². The molecule has 8 heteroatoms. The van der Waals surface area contributed by atoms with Gasteiger partial charge in [0.2, 0.25) is 11.8 Å². The molecule has 2 rings (SSSR count). The van der Waals surface area contributed by atoms with E-state index in [1.165, 1.54) is 18.2 Å². The van der Waals surface area contributed by atoms with Gasteiger partial charge in [-0.1, -0.05) is 30.3 Å². The minimum atomic E-state index is -0.669. The van der Waals surface area contributed by atoms with Crippen molar-refractivity contribution >= 4 is 29.7 Å². The van der Waals surface area contributed by atoms with Crippen molar-refractivity contribution in [1.29, 1.82) is 0 Å². The number of benzene rings is 2. The molecule has 0 bridgehead atoms. The second-order valence-corrected chi connectivity index (χ2v) is 7.67. The molecule has 2 aromatic carbocycles. The van der Waals surface area contributed by atoms with E-state index in [1.807, 2.05) is 0 Å². The molecule has 0 spiro atoms. The Morgan fingerprint density at radius 3 is 2.32 bits per heavy atom. The Hall–Kier alpha value is -3.68. The van der Waals surface area contributed by atoms with E-state index in [4.69, 9.17) is 4.74 Å².